The van der Waals surface area contributed by atoms with Gasteiger partial charge in [0.05, 0.1) is 12.3 Å². The topological polar surface area (TPSA) is 80.5 Å². The van der Waals surface area contributed by atoms with E-state index < -0.39 is 0 Å². The molecule has 6 heteroatoms. The van der Waals surface area contributed by atoms with Crippen molar-refractivity contribution < 1.29 is 4.79 Å². The lowest BCUT2D eigenvalue weighted by molar-refractivity contribution is -0.129. The molecule has 1 aromatic carbocycles. The third-order valence-electron chi connectivity index (χ3n) is 3.30. The number of hydrogen-bond acceptors (Lipinski definition) is 5. The Morgan fingerprint density at radius 3 is 3.15 bits per heavy atom. The van der Waals surface area contributed by atoms with E-state index in [2.05, 4.69) is 15.8 Å². The summed E-state index contributed by atoms with van der Waals surface area (Å²) in [4.78, 5) is 13.9. The number of carbonyl (C=O) groups is 1. The monoisotopic (exact) mass is 271 g/mol. The van der Waals surface area contributed by atoms with Gasteiger partial charge in [-0.1, -0.05) is 18.2 Å². The zero-order valence-corrected chi connectivity index (χ0v) is 11.3. The Morgan fingerprint density at radius 2 is 2.45 bits per heavy atom. The van der Waals surface area contributed by atoms with Gasteiger partial charge in [-0.05, 0) is 30.7 Å². The molecule has 0 bridgehead atoms. The lowest BCUT2D eigenvalue weighted by atomic mass is 10.1. The number of likely N-dealkylation sites (N-methyl/N-ethyl adjacent to an activating group) is 1. The first-order valence-electron chi connectivity index (χ1n) is 6.46. The van der Waals surface area contributed by atoms with Crippen molar-refractivity contribution in [2.24, 2.45) is 5.10 Å². The zero-order valence-electron chi connectivity index (χ0n) is 11.3. The van der Waals surface area contributed by atoms with Crippen molar-refractivity contribution in [1.29, 1.82) is 5.26 Å². The number of benzene rings is 1. The summed E-state index contributed by atoms with van der Waals surface area (Å²) < 4.78 is 0. The fourth-order valence-electron chi connectivity index (χ4n) is 2.29. The Balaban J connectivity index is 2.02. The van der Waals surface area contributed by atoms with Crippen LogP contribution in [0.5, 0.6) is 0 Å². The lowest BCUT2D eigenvalue weighted by Gasteiger charge is -2.16. The second kappa shape index (κ2) is 6.68. The molecule has 0 aliphatic carbocycles. The summed E-state index contributed by atoms with van der Waals surface area (Å²) in [7, 11) is 1.81. The second-order valence-electron chi connectivity index (χ2n) is 4.62. The van der Waals surface area contributed by atoms with E-state index in [0.29, 0.717) is 6.54 Å². The van der Waals surface area contributed by atoms with Gasteiger partial charge in [0.25, 0.3) is 0 Å². The number of nitrogens with one attached hydrogen (secondary N) is 2. The van der Waals surface area contributed by atoms with Gasteiger partial charge < -0.3 is 10.2 Å². The first kappa shape index (κ1) is 14.0. The highest BCUT2D eigenvalue weighted by atomic mass is 16.2. The molecule has 1 heterocycles. The molecule has 0 radical (unpaired) electrons. The number of rotatable bonds is 5. The maximum Gasteiger partial charge on any atom is 0.240 e. The number of likely N-dealkylation sites (tertiary alicyclic amines) is 1. The number of carbonyl (C=O) groups excluding carboxylic acids is 1. The van der Waals surface area contributed by atoms with Gasteiger partial charge in [-0.25, -0.2) is 5.43 Å². The van der Waals surface area contributed by atoms with E-state index in [1.54, 1.807) is 12.4 Å². The molecule has 104 valence electrons. The van der Waals surface area contributed by atoms with Crippen LogP contribution in [0.25, 0.3) is 0 Å². The Hall–Kier alpha value is -2.39. The summed E-state index contributed by atoms with van der Waals surface area (Å²) in [6, 6.07) is 7.70. The molecule has 1 amide bonds. The van der Waals surface area contributed by atoms with E-state index in [1.807, 2.05) is 36.2 Å². The van der Waals surface area contributed by atoms with Crippen LogP contribution in [0.1, 0.15) is 17.5 Å². The van der Waals surface area contributed by atoms with Crippen molar-refractivity contribution in [2.45, 2.75) is 19.0 Å². The van der Waals surface area contributed by atoms with Crippen LogP contribution in [0, 0.1) is 11.5 Å². The molecule has 0 unspecified atom stereocenters. The fourth-order valence-corrected chi connectivity index (χ4v) is 2.29. The highest BCUT2D eigenvalue weighted by Crippen LogP contribution is 2.15. The van der Waals surface area contributed by atoms with Gasteiger partial charge in [0.2, 0.25) is 5.91 Å². The zero-order chi connectivity index (χ0) is 14.4. The molecule has 20 heavy (non-hydrogen) atoms. The molecular weight excluding hydrogens is 254 g/mol. The van der Waals surface area contributed by atoms with Gasteiger partial charge in [0.1, 0.15) is 0 Å². The van der Waals surface area contributed by atoms with Crippen molar-refractivity contribution in [3.8, 4) is 6.19 Å². The highest BCUT2D eigenvalue weighted by molar-refractivity contribution is 5.84. The molecule has 0 aromatic heterocycles. The Bertz CT molecular complexity index is 549. The largest absolute Gasteiger partial charge is 0.337 e. The molecule has 1 atom stereocenters. The van der Waals surface area contributed by atoms with Gasteiger partial charge in [-0.15, -0.1) is 0 Å². The molecular formula is C14H17N5O. The van der Waals surface area contributed by atoms with E-state index in [0.717, 1.165) is 24.1 Å². The minimum absolute atomic E-state index is 0.0560. The number of nitrogens with zero attached hydrogens (tertiary/aromatic N) is 3. The van der Waals surface area contributed by atoms with Crippen LogP contribution < -0.4 is 10.7 Å². The van der Waals surface area contributed by atoms with Gasteiger partial charge in [0, 0.05) is 13.1 Å². The normalized spacial score (nSPS) is 18.5. The van der Waals surface area contributed by atoms with E-state index in [-0.39, 0.29) is 11.9 Å². The number of hydrogen-bond donors (Lipinski definition) is 2. The third kappa shape index (κ3) is 3.33. The van der Waals surface area contributed by atoms with Crippen LogP contribution in [-0.4, -0.2) is 36.7 Å². The van der Waals surface area contributed by atoms with Gasteiger partial charge >= 0.3 is 0 Å². The minimum Gasteiger partial charge on any atom is -0.337 e. The predicted molar refractivity (Wildman–Crippen MR) is 75.7 cm³/mol. The summed E-state index contributed by atoms with van der Waals surface area (Å²) in [5.74, 6) is 0.151. The van der Waals surface area contributed by atoms with E-state index in [9.17, 15) is 4.79 Å². The summed E-state index contributed by atoms with van der Waals surface area (Å²) in [5, 5.41) is 15.1. The standard InChI is InChI=1S/C14H17N5O/c1-16-13-5-6-19(14(13)20)9-12-4-2-3-11(7-12)8-17-18-10-15/h2-4,7-8,13,16,18H,5-6,9H2,1H3/t13-/m0/s1. The average molecular weight is 271 g/mol. The number of hydrazone groups is 1. The van der Waals surface area contributed by atoms with Crippen LogP contribution in [-0.2, 0) is 11.3 Å². The highest BCUT2D eigenvalue weighted by Gasteiger charge is 2.29. The van der Waals surface area contributed by atoms with Gasteiger partial charge in [0.15, 0.2) is 6.19 Å². The Morgan fingerprint density at radius 1 is 1.60 bits per heavy atom. The van der Waals surface area contributed by atoms with Crippen LogP contribution in [0.2, 0.25) is 0 Å². The first-order valence-corrected chi connectivity index (χ1v) is 6.46. The van der Waals surface area contributed by atoms with Gasteiger partial charge in [-0.3, -0.25) is 4.79 Å². The summed E-state index contributed by atoms with van der Waals surface area (Å²) in [6.07, 6.45) is 4.15. The molecule has 1 fully saturated rings. The molecule has 2 rings (SSSR count). The van der Waals surface area contributed by atoms with E-state index in [4.69, 9.17) is 5.26 Å². The van der Waals surface area contributed by atoms with Crippen molar-refractivity contribution in [1.82, 2.24) is 15.6 Å². The summed E-state index contributed by atoms with van der Waals surface area (Å²) in [5.41, 5.74) is 4.15. The average Bonchev–Trinajstić information content (AvgIpc) is 2.80. The van der Waals surface area contributed by atoms with E-state index >= 15 is 0 Å². The maximum absolute atomic E-state index is 12.0. The van der Waals surface area contributed by atoms with Crippen molar-refractivity contribution in [3.63, 3.8) is 0 Å². The summed E-state index contributed by atoms with van der Waals surface area (Å²) >= 11 is 0. The van der Waals surface area contributed by atoms with Crippen LogP contribution in [0.3, 0.4) is 0 Å². The molecule has 2 N–H and O–H groups in total. The number of amides is 1. The molecule has 0 spiro atoms. The molecule has 1 aliphatic rings. The molecule has 1 saturated heterocycles. The second-order valence-corrected chi connectivity index (χ2v) is 4.62. The molecule has 6 nitrogen and oxygen atoms in total. The Kier molecular flexibility index (Phi) is 4.69. The van der Waals surface area contributed by atoms with Crippen molar-refractivity contribution >= 4 is 12.1 Å². The van der Waals surface area contributed by atoms with Crippen LogP contribution in [0.4, 0.5) is 0 Å². The molecule has 1 aliphatic heterocycles. The quantitative estimate of drug-likeness (QED) is 0.352. The predicted octanol–water partition coefficient (Wildman–Crippen LogP) is 0.411. The molecule has 1 aromatic rings. The van der Waals surface area contributed by atoms with Crippen molar-refractivity contribution in [2.75, 3.05) is 13.6 Å². The fraction of sp³-hybridized carbons (Fsp3) is 0.357. The Labute approximate surface area is 118 Å². The van der Waals surface area contributed by atoms with Crippen LogP contribution >= 0.6 is 0 Å². The smallest absolute Gasteiger partial charge is 0.240 e. The first-order chi connectivity index (χ1) is 9.74. The number of nitriles is 1. The molecule has 0 saturated carbocycles. The minimum atomic E-state index is -0.0560. The van der Waals surface area contributed by atoms with E-state index in [1.165, 1.54) is 0 Å². The lowest BCUT2D eigenvalue weighted by Crippen LogP contribution is -2.35. The maximum atomic E-state index is 12.0. The van der Waals surface area contributed by atoms with Crippen LogP contribution in [0.15, 0.2) is 29.4 Å². The van der Waals surface area contributed by atoms with Crippen molar-refractivity contribution in [3.05, 3.63) is 35.4 Å². The summed E-state index contributed by atoms with van der Waals surface area (Å²) in [6.45, 7) is 1.38. The third-order valence-corrected chi connectivity index (χ3v) is 3.30. The van der Waals surface area contributed by atoms with Gasteiger partial charge in [-0.2, -0.15) is 10.4 Å². The SMILES string of the molecule is CN[C@H]1CCN(Cc2cccc(C=NNC#N)c2)C1=O.